The summed E-state index contributed by atoms with van der Waals surface area (Å²) in [6.07, 6.45) is 0. The van der Waals surface area contributed by atoms with Crippen LogP contribution in [-0.2, 0) is 9.53 Å². The first-order chi connectivity index (χ1) is 13.3. The van der Waals surface area contributed by atoms with Gasteiger partial charge in [0.1, 0.15) is 6.04 Å². The van der Waals surface area contributed by atoms with Crippen molar-refractivity contribution in [3.8, 4) is 0 Å². The molecule has 1 heterocycles. The number of carbonyl (C=O) groups excluding carboxylic acids is 4. The van der Waals surface area contributed by atoms with Crippen LogP contribution in [0.15, 0.2) is 48.5 Å². The number of imide groups is 1. The summed E-state index contributed by atoms with van der Waals surface area (Å²) in [6.45, 7) is 5.07. The lowest BCUT2D eigenvalue weighted by Crippen LogP contribution is -2.44. The van der Waals surface area contributed by atoms with Gasteiger partial charge in [-0.15, -0.1) is 0 Å². The van der Waals surface area contributed by atoms with Crippen LogP contribution < -0.4 is 0 Å². The average Bonchev–Trinajstić information content (AvgIpc) is 2.96. The number of ketones is 1. The summed E-state index contributed by atoms with van der Waals surface area (Å²) in [4.78, 5) is 50.3. The molecule has 2 amide bonds. The minimum atomic E-state index is -1.12. The molecule has 0 fully saturated rings. The van der Waals surface area contributed by atoms with E-state index in [1.807, 2.05) is 12.1 Å². The molecule has 2 aromatic carbocycles. The van der Waals surface area contributed by atoms with Crippen LogP contribution in [0.25, 0.3) is 0 Å². The Bertz CT molecular complexity index is 911. The van der Waals surface area contributed by atoms with E-state index in [0.29, 0.717) is 11.5 Å². The molecule has 1 aliphatic rings. The number of ether oxygens (including phenoxy) is 1. The van der Waals surface area contributed by atoms with Crippen molar-refractivity contribution in [2.24, 2.45) is 0 Å². The Morgan fingerprint density at radius 3 is 1.93 bits per heavy atom. The Morgan fingerprint density at radius 2 is 1.43 bits per heavy atom. The van der Waals surface area contributed by atoms with Crippen molar-refractivity contribution in [3.63, 3.8) is 0 Å². The molecule has 0 saturated heterocycles. The molecule has 0 aromatic heterocycles. The van der Waals surface area contributed by atoms with E-state index in [1.54, 1.807) is 24.3 Å². The third-order valence-corrected chi connectivity index (χ3v) is 4.80. The van der Waals surface area contributed by atoms with Crippen molar-refractivity contribution < 1.29 is 23.9 Å². The van der Waals surface area contributed by atoms with Gasteiger partial charge >= 0.3 is 5.97 Å². The third-order valence-electron chi connectivity index (χ3n) is 4.80. The van der Waals surface area contributed by atoms with Gasteiger partial charge in [0.05, 0.1) is 11.1 Å². The Hall–Kier alpha value is -3.28. The van der Waals surface area contributed by atoms with Crippen LogP contribution in [-0.4, -0.2) is 41.1 Å². The predicted molar refractivity (Wildman–Crippen MR) is 102 cm³/mol. The smallest absolute Gasteiger partial charge is 0.329 e. The summed E-state index contributed by atoms with van der Waals surface area (Å²) in [5.74, 6) is -1.89. The maximum absolute atomic E-state index is 12.4. The molecule has 3 rings (SSSR count). The number of Topliss-reactive ketones (excluding diaryl/α,β-unsaturated/α-hetero) is 1. The van der Waals surface area contributed by atoms with Gasteiger partial charge in [0, 0.05) is 5.56 Å². The molecule has 0 bridgehead atoms. The first kappa shape index (κ1) is 19.5. The second-order valence-corrected chi connectivity index (χ2v) is 7.01. The SMILES string of the molecule is CC(C)c1ccc(C(=O)COC(=O)[C@H](C)N2C(=O)c3ccccc3C2=O)cc1. The Morgan fingerprint density at radius 1 is 0.893 bits per heavy atom. The molecule has 0 saturated carbocycles. The standard InChI is InChI=1S/C22H21NO5/c1-13(2)15-8-10-16(11-9-15)19(24)12-28-22(27)14(3)23-20(25)17-6-4-5-7-18(17)21(23)26/h4-11,13-14H,12H2,1-3H3/t14-/m0/s1. The molecule has 0 N–H and O–H groups in total. The zero-order valence-electron chi connectivity index (χ0n) is 16.0. The molecule has 0 radical (unpaired) electrons. The summed E-state index contributed by atoms with van der Waals surface area (Å²) < 4.78 is 5.07. The molecule has 144 valence electrons. The minimum absolute atomic E-state index is 0.258. The van der Waals surface area contributed by atoms with Crippen molar-refractivity contribution in [3.05, 3.63) is 70.8 Å². The highest BCUT2D eigenvalue weighted by Crippen LogP contribution is 2.24. The van der Waals surface area contributed by atoms with Gasteiger partial charge in [0.25, 0.3) is 11.8 Å². The van der Waals surface area contributed by atoms with Crippen molar-refractivity contribution in [2.45, 2.75) is 32.7 Å². The number of amides is 2. The summed E-state index contributed by atoms with van der Waals surface area (Å²) in [6, 6.07) is 12.4. The minimum Gasteiger partial charge on any atom is -0.456 e. The summed E-state index contributed by atoms with van der Waals surface area (Å²) >= 11 is 0. The number of nitrogens with zero attached hydrogens (tertiary/aromatic N) is 1. The van der Waals surface area contributed by atoms with Gasteiger partial charge in [0.15, 0.2) is 12.4 Å². The molecule has 0 spiro atoms. The van der Waals surface area contributed by atoms with Gasteiger partial charge in [-0.25, -0.2) is 4.79 Å². The molecule has 0 aliphatic carbocycles. The lowest BCUT2D eigenvalue weighted by atomic mass is 10.0. The highest BCUT2D eigenvalue weighted by Gasteiger charge is 2.41. The van der Waals surface area contributed by atoms with Gasteiger partial charge in [-0.3, -0.25) is 19.3 Å². The van der Waals surface area contributed by atoms with Crippen LogP contribution in [0.3, 0.4) is 0 Å². The number of hydrogen-bond acceptors (Lipinski definition) is 5. The van der Waals surface area contributed by atoms with E-state index in [1.165, 1.54) is 19.1 Å². The van der Waals surface area contributed by atoms with Gasteiger partial charge in [-0.2, -0.15) is 0 Å². The Balaban J connectivity index is 1.63. The highest BCUT2D eigenvalue weighted by atomic mass is 16.5. The van der Waals surface area contributed by atoms with Gasteiger partial charge in [0.2, 0.25) is 0 Å². The lowest BCUT2D eigenvalue weighted by molar-refractivity contribution is -0.146. The van der Waals surface area contributed by atoms with Crippen LogP contribution in [0.4, 0.5) is 0 Å². The topological polar surface area (TPSA) is 80.8 Å². The number of esters is 1. The number of carbonyl (C=O) groups is 4. The Labute approximate surface area is 163 Å². The second-order valence-electron chi connectivity index (χ2n) is 7.01. The normalized spacial score (nSPS) is 14.2. The predicted octanol–water partition coefficient (Wildman–Crippen LogP) is 3.22. The zero-order chi connectivity index (χ0) is 20.4. The highest BCUT2D eigenvalue weighted by molar-refractivity contribution is 6.22. The van der Waals surface area contributed by atoms with Crippen molar-refractivity contribution >= 4 is 23.6 Å². The van der Waals surface area contributed by atoms with Crippen LogP contribution in [0, 0.1) is 0 Å². The van der Waals surface area contributed by atoms with E-state index in [2.05, 4.69) is 13.8 Å². The molecule has 2 aromatic rings. The molecule has 0 unspecified atom stereocenters. The molecule has 6 heteroatoms. The van der Waals surface area contributed by atoms with Crippen molar-refractivity contribution in [1.29, 1.82) is 0 Å². The van der Waals surface area contributed by atoms with E-state index in [4.69, 9.17) is 4.74 Å². The van der Waals surface area contributed by atoms with Crippen LogP contribution in [0.1, 0.15) is 63.3 Å². The van der Waals surface area contributed by atoms with Crippen molar-refractivity contribution in [1.82, 2.24) is 4.90 Å². The fourth-order valence-corrected chi connectivity index (χ4v) is 3.06. The van der Waals surface area contributed by atoms with Crippen LogP contribution in [0.5, 0.6) is 0 Å². The second kappa shape index (κ2) is 7.76. The fraction of sp³-hybridized carbons (Fsp3) is 0.273. The van der Waals surface area contributed by atoms with Gasteiger partial charge in [-0.05, 0) is 30.5 Å². The maximum Gasteiger partial charge on any atom is 0.329 e. The van der Waals surface area contributed by atoms with E-state index >= 15 is 0 Å². The summed E-state index contributed by atoms with van der Waals surface area (Å²) in [5, 5.41) is 0. The first-order valence-electron chi connectivity index (χ1n) is 9.08. The fourth-order valence-electron chi connectivity index (χ4n) is 3.06. The molecule has 1 aliphatic heterocycles. The molecule has 6 nitrogen and oxygen atoms in total. The largest absolute Gasteiger partial charge is 0.456 e. The molecule has 28 heavy (non-hydrogen) atoms. The average molecular weight is 379 g/mol. The lowest BCUT2D eigenvalue weighted by Gasteiger charge is -2.20. The summed E-state index contributed by atoms with van der Waals surface area (Å²) in [7, 11) is 0. The number of rotatable bonds is 6. The monoisotopic (exact) mass is 379 g/mol. The maximum atomic E-state index is 12.4. The molecular weight excluding hydrogens is 358 g/mol. The van der Waals surface area contributed by atoms with Crippen LogP contribution in [0.2, 0.25) is 0 Å². The zero-order valence-corrected chi connectivity index (χ0v) is 16.0. The van der Waals surface area contributed by atoms with E-state index in [9.17, 15) is 19.2 Å². The van der Waals surface area contributed by atoms with E-state index in [-0.39, 0.29) is 16.9 Å². The Kier molecular flexibility index (Phi) is 5.40. The van der Waals surface area contributed by atoms with E-state index < -0.39 is 30.4 Å². The number of fused-ring (bicyclic) bond motifs is 1. The number of benzene rings is 2. The third kappa shape index (κ3) is 3.58. The molecular formula is C22H21NO5. The van der Waals surface area contributed by atoms with E-state index in [0.717, 1.165) is 10.5 Å². The number of hydrogen-bond donors (Lipinski definition) is 0. The van der Waals surface area contributed by atoms with Crippen molar-refractivity contribution in [2.75, 3.05) is 6.61 Å². The van der Waals surface area contributed by atoms with Crippen LogP contribution >= 0.6 is 0 Å². The first-order valence-corrected chi connectivity index (χ1v) is 9.08. The van der Waals surface area contributed by atoms with Gasteiger partial charge in [-0.1, -0.05) is 50.2 Å². The quantitative estimate of drug-likeness (QED) is 0.437. The summed E-state index contributed by atoms with van der Waals surface area (Å²) in [5.41, 5.74) is 2.06. The van der Waals surface area contributed by atoms with Gasteiger partial charge < -0.3 is 4.74 Å². The molecule has 1 atom stereocenters.